The zero-order valence-electron chi connectivity index (χ0n) is 14.8. The second-order valence-corrected chi connectivity index (χ2v) is 7.14. The summed E-state index contributed by atoms with van der Waals surface area (Å²) >= 11 is 0. The van der Waals surface area contributed by atoms with Gasteiger partial charge < -0.3 is 4.74 Å². The number of carbonyl (C=O) groups is 4. The summed E-state index contributed by atoms with van der Waals surface area (Å²) < 4.78 is 4.87. The molecular formula is C24H10O5. The van der Waals surface area contributed by atoms with Crippen LogP contribution in [0.4, 0.5) is 0 Å². The Morgan fingerprint density at radius 1 is 0.517 bits per heavy atom. The fraction of sp³-hybridized carbons (Fsp3) is 0. The van der Waals surface area contributed by atoms with Crippen LogP contribution in [0.25, 0.3) is 43.1 Å². The third-order valence-corrected chi connectivity index (χ3v) is 5.85. The highest BCUT2D eigenvalue weighted by atomic mass is 16.6. The van der Waals surface area contributed by atoms with Gasteiger partial charge >= 0.3 is 11.9 Å². The van der Waals surface area contributed by atoms with Crippen molar-refractivity contribution in [1.29, 1.82) is 0 Å². The Kier molecular flexibility index (Phi) is 2.87. The van der Waals surface area contributed by atoms with Gasteiger partial charge in [-0.2, -0.15) is 0 Å². The highest BCUT2D eigenvalue weighted by Crippen LogP contribution is 2.44. The molecule has 1 aliphatic rings. The van der Waals surface area contributed by atoms with Gasteiger partial charge in [-0.05, 0) is 44.5 Å². The van der Waals surface area contributed by atoms with Crippen molar-refractivity contribution in [3.8, 4) is 0 Å². The van der Waals surface area contributed by atoms with Gasteiger partial charge in [-0.1, -0.05) is 36.4 Å². The summed E-state index contributed by atoms with van der Waals surface area (Å²) in [5, 5.41) is 6.22. The van der Waals surface area contributed by atoms with Crippen LogP contribution in [-0.4, -0.2) is 24.5 Å². The van der Waals surface area contributed by atoms with Crippen molar-refractivity contribution in [2.75, 3.05) is 0 Å². The first-order valence-corrected chi connectivity index (χ1v) is 9.01. The minimum atomic E-state index is -0.658. The van der Waals surface area contributed by atoms with Crippen molar-refractivity contribution in [1.82, 2.24) is 0 Å². The zero-order chi connectivity index (χ0) is 19.9. The molecule has 0 fully saturated rings. The number of hydrogen-bond acceptors (Lipinski definition) is 5. The molecule has 0 radical (unpaired) electrons. The van der Waals surface area contributed by atoms with Gasteiger partial charge in [0.25, 0.3) is 0 Å². The SMILES string of the molecule is O=Cc1ccc2c3ccc4c5c(ccc(c6ccc(C=O)c1c26)c53)C(=O)OC4=O. The maximum absolute atomic E-state index is 12.3. The molecule has 0 spiro atoms. The van der Waals surface area contributed by atoms with Crippen molar-refractivity contribution in [2.45, 2.75) is 0 Å². The monoisotopic (exact) mass is 378 g/mol. The Bertz CT molecular complexity index is 1480. The number of ether oxygens (including phenoxy) is 1. The lowest BCUT2D eigenvalue weighted by atomic mass is 9.84. The van der Waals surface area contributed by atoms with Crippen LogP contribution in [0.2, 0.25) is 0 Å². The summed E-state index contributed by atoms with van der Waals surface area (Å²) in [5.41, 5.74) is 1.60. The summed E-state index contributed by atoms with van der Waals surface area (Å²) in [7, 11) is 0. The third kappa shape index (κ3) is 1.79. The maximum Gasteiger partial charge on any atom is 0.346 e. The number of benzene rings is 5. The van der Waals surface area contributed by atoms with Gasteiger partial charge in [-0.25, -0.2) is 9.59 Å². The van der Waals surface area contributed by atoms with E-state index in [9.17, 15) is 19.2 Å². The minimum absolute atomic E-state index is 0.355. The summed E-state index contributed by atoms with van der Waals surface area (Å²) in [5.74, 6) is -1.32. The average molecular weight is 378 g/mol. The van der Waals surface area contributed by atoms with Gasteiger partial charge in [0.2, 0.25) is 0 Å². The lowest BCUT2D eigenvalue weighted by Crippen LogP contribution is -2.19. The van der Waals surface area contributed by atoms with Gasteiger partial charge in [-0.15, -0.1) is 0 Å². The van der Waals surface area contributed by atoms with E-state index in [1.165, 1.54) is 0 Å². The molecule has 6 rings (SSSR count). The predicted molar refractivity (Wildman–Crippen MR) is 108 cm³/mol. The van der Waals surface area contributed by atoms with Crippen molar-refractivity contribution in [2.24, 2.45) is 0 Å². The lowest BCUT2D eigenvalue weighted by molar-refractivity contribution is 0.0391. The van der Waals surface area contributed by atoms with Crippen LogP contribution in [0.3, 0.4) is 0 Å². The van der Waals surface area contributed by atoms with Crippen molar-refractivity contribution in [3.63, 3.8) is 0 Å². The van der Waals surface area contributed by atoms with Crippen LogP contribution >= 0.6 is 0 Å². The van der Waals surface area contributed by atoms with E-state index in [2.05, 4.69) is 0 Å². The first-order valence-electron chi connectivity index (χ1n) is 9.01. The second-order valence-electron chi connectivity index (χ2n) is 7.14. The number of hydrogen-bond donors (Lipinski definition) is 0. The molecule has 29 heavy (non-hydrogen) atoms. The standard InChI is InChI=1S/C24H10O5/c25-9-11-1-3-13-15-5-7-17-22-18(24(28)29-23(17)27)8-6-16(21(15)22)14-4-2-12(10-26)19(11)20(13)14/h1-10H. The van der Waals surface area contributed by atoms with E-state index in [1.54, 1.807) is 24.3 Å². The molecule has 5 aromatic carbocycles. The molecule has 0 N–H and O–H groups in total. The lowest BCUT2D eigenvalue weighted by Gasteiger charge is -2.20. The van der Waals surface area contributed by atoms with Crippen molar-refractivity contribution < 1.29 is 23.9 Å². The molecule has 0 atom stereocenters. The van der Waals surface area contributed by atoms with Gasteiger partial charge in [-0.3, -0.25) is 9.59 Å². The van der Waals surface area contributed by atoms with Crippen LogP contribution in [0, 0.1) is 0 Å². The van der Waals surface area contributed by atoms with Crippen LogP contribution in [0.15, 0.2) is 48.5 Å². The number of rotatable bonds is 2. The number of aldehydes is 2. The molecule has 0 amide bonds. The molecular weight excluding hydrogens is 368 g/mol. The van der Waals surface area contributed by atoms with Crippen LogP contribution in [0.5, 0.6) is 0 Å². The summed E-state index contributed by atoms with van der Waals surface area (Å²) in [6, 6.07) is 14.1. The summed E-state index contributed by atoms with van der Waals surface area (Å²) in [6.45, 7) is 0. The molecule has 5 aromatic rings. The fourth-order valence-electron chi connectivity index (χ4n) is 4.67. The molecule has 1 heterocycles. The molecule has 5 heteroatoms. The number of cyclic esters (lactones) is 2. The van der Waals surface area contributed by atoms with Crippen LogP contribution in [0.1, 0.15) is 41.4 Å². The van der Waals surface area contributed by atoms with E-state index in [0.29, 0.717) is 33.0 Å². The van der Waals surface area contributed by atoms with E-state index in [1.807, 2.05) is 24.3 Å². The zero-order valence-corrected chi connectivity index (χ0v) is 14.8. The third-order valence-electron chi connectivity index (χ3n) is 5.85. The second kappa shape index (κ2) is 5.23. The molecule has 1 aliphatic heterocycles. The molecule has 0 aliphatic carbocycles. The van der Waals surface area contributed by atoms with E-state index in [0.717, 1.165) is 44.9 Å². The Labute approximate surface area is 162 Å². The Balaban J connectivity index is 1.99. The molecule has 0 unspecified atom stereocenters. The van der Waals surface area contributed by atoms with Crippen molar-refractivity contribution >= 4 is 67.6 Å². The molecule has 5 nitrogen and oxygen atoms in total. The minimum Gasteiger partial charge on any atom is -0.386 e. The van der Waals surface area contributed by atoms with E-state index < -0.39 is 11.9 Å². The normalized spacial score (nSPS) is 13.5. The smallest absolute Gasteiger partial charge is 0.346 e. The van der Waals surface area contributed by atoms with E-state index in [4.69, 9.17) is 4.74 Å². The highest BCUT2D eigenvalue weighted by Gasteiger charge is 2.29. The number of carbonyl (C=O) groups excluding carboxylic acids is 4. The molecule has 0 saturated heterocycles. The number of fused-ring (bicyclic) bond motifs is 2. The van der Waals surface area contributed by atoms with Gasteiger partial charge in [0.1, 0.15) is 0 Å². The highest BCUT2D eigenvalue weighted by molar-refractivity contribution is 6.38. The molecule has 0 saturated carbocycles. The van der Waals surface area contributed by atoms with Crippen LogP contribution < -0.4 is 0 Å². The van der Waals surface area contributed by atoms with Gasteiger partial charge in [0.05, 0.1) is 11.1 Å². The predicted octanol–water partition coefficient (Wildman–Crippen LogP) is 4.67. The Hall–Kier alpha value is -4.12. The van der Waals surface area contributed by atoms with E-state index in [-0.39, 0.29) is 0 Å². The van der Waals surface area contributed by atoms with Crippen molar-refractivity contribution in [3.05, 3.63) is 70.8 Å². The first-order chi connectivity index (χ1) is 14.1. The largest absolute Gasteiger partial charge is 0.386 e. The number of esters is 2. The quantitative estimate of drug-likeness (QED) is 0.147. The summed E-state index contributed by atoms with van der Waals surface area (Å²) in [4.78, 5) is 47.9. The van der Waals surface area contributed by atoms with Gasteiger partial charge in [0, 0.05) is 21.9 Å². The van der Waals surface area contributed by atoms with E-state index >= 15 is 0 Å². The molecule has 0 aromatic heterocycles. The Morgan fingerprint density at radius 3 is 1.38 bits per heavy atom. The maximum atomic E-state index is 12.3. The van der Waals surface area contributed by atoms with Crippen LogP contribution in [-0.2, 0) is 4.74 Å². The molecule has 0 bridgehead atoms. The molecule has 136 valence electrons. The topological polar surface area (TPSA) is 77.5 Å². The first kappa shape index (κ1) is 15.9. The fourth-order valence-corrected chi connectivity index (χ4v) is 4.67. The Morgan fingerprint density at radius 2 is 0.931 bits per heavy atom. The summed E-state index contributed by atoms with van der Waals surface area (Å²) in [6.07, 6.45) is 1.50. The average Bonchev–Trinajstić information content (AvgIpc) is 2.75. The van der Waals surface area contributed by atoms with Gasteiger partial charge in [0.15, 0.2) is 12.6 Å².